The first kappa shape index (κ1) is 18.5. The van der Waals surface area contributed by atoms with Crippen molar-refractivity contribution in [2.24, 2.45) is 0 Å². The Hall–Kier alpha value is -1.28. The van der Waals surface area contributed by atoms with E-state index in [9.17, 15) is 0 Å². The molecule has 2 heterocycles. The lowest BCUT2D eigenvalue weighted by molar-refractivity contribution is -0.101. The fourth-order valence-electron chi connectivity index (χ4n) is 2.74. The van der Waals surface area contributed by atoms with Gasteiger partial charge in [0, 0.05) is 0 Å². The predicted molar refractivity (Wildman–Crippen MR) is 94.8 cm³/mol. The molecule has 1 atom stereocenters. The van der Waals surface area contributed by atoms with Crippen molar-refractivity contribution >= 4 is 12.6 Å². The second-order valence-corrected chi connectivity index (χ2v) is 7.38. The molecular formula is C18H27BO6. The summed E-state index contributed by atoms with van der Waals surface area (Å²) in [5.41, 5.74) is 0.150. The van der Waals surface area contributed by atoms with E-state index in [0.29, 0.717) is 37.9 Å². The molecule has 2 aliphatic rings. The largest absolute Gasteiger partial charge is 0.494 e. The van der Waals surface area contributed by atoms with E-state index in [1.54, 1.807) is 7.11 Å². The van der Waals surface area contributed by atoms with Crippen LogP contribution in [0.4, 0.5) is 0 Å². The smallest absolute Gasteiger partial charge is 0.493 e. The summed E-state index contributed by atoms with van der Waals surface area (Å²) in [6, 6.07) is 5.72. The van der Waals surface area contributed by atoms with Gasteiger partial charge in [0.05, 0.1) is 38.1 Å². The van der Waals surface area contributed by atoms with Crippen LogP contribution in [0.2, 0.25) is 0 Å². The van der Waals surface area contributed by atoms with Gasteiger partial charge < -0.3 is 28.3 Å². The van der Waals surface area contributed by atoms with Gasteiger partial charge in [0.25, 0.3) is 0 Å². The third-order valence-corrected chi connectivity index (χ3v) is 5.02. The number of ether oxygens (including phenoxy) is 4. The molecule has 1 aromatic rings. The maximum atomic E-state index is 6.09. The van der Waals surface area contributed by atoms with Crippen molar-refractivity contribution < 1.29 is 28.3 Å². The quantitative estimate of drug-likeness (QED) is 0.755. The van der Waals surface area contributed by atoms with Crippen molar-refractivity contribution in [3.63, 3.8) is 0 Å². The van der Waals surface area contributed by atoms with Crippen LogP contribution in [0.25, 0.3) is 0 Å². The highest BCUT2D eigenvalue weighted by Gasteiger charge is 2.51. The first-order valence-electron chi connectivity index (χ1n) is 8.68. The second kappa shape index (κ2) is 7.15. The zero-order valence-corrected chi connectivity index (χ0v) is 15.7. The van der Waals surface area contributed by atoms with E-state index < -0.39 is 7.12 Å². The maximum Gasteiger partial charge on any atom is 0.494 e. The van der Waals surface area contributed by atoms with Crippen molar-refractivity contribution in [3.05, 3.63) is 18.2 Å². The minimum atomic E-state index is -0.428. The van der Waals surface area contributed by atoms with E-state index in [0.717, 1.165) is 5.46 Å². The summed E-state index contributed by atoms with van der Waals surface area (Å²) in [4.78, 5) is 0. The average molecular weight is 350 g/mol. The molecule has 138 valence electrons. The van der Waals surface area contributed by atoms with Crippen molar-refractivity contribution in [1.29, 1.82) is 0 Å². The molecule has 0 saturated carbocycles. The summed E-state index contributed by atoms with van der Waals surface area (Å²) in [6.45, 7) is 10.4. The van der Waals surface area contributed by atoms with Crippen LogP contribution in [-0.2, 0) is 18.8 Å². The molecule has 0 N–H and O–H groups in total. The number of hydrogen-bond acceptors (Lipinski definition) is 6. The summed E-state index contributed by atoms with van der Waals surface area (Å²) in [5, 5.41) is 0. The summed E-state index contributed by atoms with van der Waals surface area (Å²) in [7, 11) is 1.19. The highest BCUT2D eigenvalue weighted by molar-refractivity contribution is 6.62. The first-order chi connectivity index (χ1) is 11.8. The van der Waals surface area contributed by atoms with E-state index >= 15 is 0 Å². The van der Waals surface area contributed by atoms with Crippen LogP contribution in [0, 0.1) is 0 Å². The standard InChI is InChI=1S/C18H27BO6/c1-17(2)18(3,4)25-19(24-17)13-6-7-15(16(10-13)20-5)23-12-14-11-21-8-9-22-14/h6-7,10,14H,8-9,11-12H2,1-5H3/t14-/m0/s1. The van der Waals surface area contributed by atoms with Crippen molar-refractivity contribution in [2.75, 3.05) is 33.5 Å². The van der Waals surface area contributed by atoms with Crippen LogP contribution in [0.3, 0.4) is 0 Å². The van der Waals surface area contributed by atoms with Gasteiger partial charge in [0.15, 0.2) is 11.5 Å². The Balaban J connectivity index is 1.69. The van der Waals surface area contributed by atoms with Crippen molar-refractivity contribution in [1.82, 2.24) is 0 Å². The van der Waals surface area contributed by atoms with Gasteiger partial charge in [-0.1, -0.05) is 6.07 Å². The Morgan fingerprint density at radius 2 is 1.80 bits per heavy atom. The minimum Gasteiger partial charge on any atom is -0.493 e. The first-order valence-corrected chi connectivity index (χ1v) is 8.68. The van der Waals surface area contributed by atoms with Gasteiger partial charge in [0.1, 0.15) is 12.7 Å². The molecule has 0 unspecified atom stereocenters. The molecule has 6 nitrogen and oxygen atoms in total. The summed E-state index contributed by atoms with van der Waals surface area (Å²) >= 11 is 0. The molecule has 0 aliphatic carbocycles. The molecule has 7 heteroatoms. The van der Waals surface area contributed by atoms with E-state index in [4.69, 9.17) is 28.3 Å². The van der Waals surface area contributed by atoms with Crippen LogP contribution >= 0.6 is 0 Å². The monoisotopic (exact) mass is 350 g/mol. The third-order valence-electron chi connectivity index (χ3n) is 5.02. The molecule has 2 fully saturated rings. The third kappa shape index (κ3) is 3.95. The predicted octanol–water partition coefficient (Wildman–Crippen LogP) is 1.79. The van der Waals surface area contributed by atoms with Crippen LogP contribution in [0.15, 0.2) is 18.2 Å². The SMILES string of the molecule is COc1cc(B2OC(C)(C)C(C)(C)O2)ccc1OC[C@@H]1COCCO1. The lowest BCUT2D eigenvalue weighted by Crippen LogP contribution is -2.41. The van der Waals surface area contributed by atoms with Crippen LogP contribution in [-0.4, -0.2) is 58.0 Å². The maximum absolute atomic E-state index is 6.09. The molecule has 0 bridgehead atoms. The van der Waals surface area contributed by atoms with Crippen LogP contribution < -0.4 is 14.9 Å². The van der Waals surface area contributed by atoms with Gasteiger partial charge in [-0.15, -0.1) is 0 Å². The molecule has 0 amide bonds. The van der Waals surface area contributed by atoms with Gasteiger partial charge in [-0.25, -0.2) is 0 Å². The minimum absolute atomic E-state index is 0.0544. The van der Waals surface area contributed by atoms with Gasteiger partial charge in [0.2, 0.25) is 0 Å². The Morgan fingerprint density at radius 1 is 1.08 bits per heavy atom. The van der Waals surface area contributed by atoms with E-state index in [1.165, 1.54) is 0 Å². The van der Waals surface area contributed by atoms with Crippen molar-refractivity contribution in [2.45, 2.75) is 45.0 Å². The zero-order valence-electron chi connectivity index (χ0n) is 15.7. The Morgan fingerprint density at radius 3 is 2.40 bits per heavy atom. The molecule has 1 aromatic carbocycles. The van der Waals surface area contributed by atoms with Gasteiger partial charge >= 0.3 is 7.12 Å². The molecule has 2 saturated heterocycles. The number of rotatable bonds is 5. The summed E-state index contributed by atoms with van der Waals surface area (Å²) in [5.74, 6) is 1.31. The lowest BCUT2D eigenvalue weighted by Gasteiger charge is -2.32. The highest BCUT2D eigenvalue weighted by Crippen LogP contribution is 2.37. The Kier molecular flexibility index (Phi) is 5.30. The number of methoxy groups -OCH3 is 1. The Labute approximate surface area is 149 Å². The second-order valence-electron chi connectivity index (χ2n) is 7.38. The molecule has 0 spiro atoms. The molecule has 0 radical (unpaired) electrons. The van der Waals surface area contributed by atoms with Gasteiger partial charge in [-0.2, -0.15) is 0 Å². The molecule has 25 heavy (non-hydrogen) atoms. The Bertz CT molecular complexity index is 581. The summed E-state index contributed by atoms with van der Waals surface area (Å²) in [6.07, 6.45) is -0.0544. The van der Waals surface area contributed by atoms with Crippen LogP contribution in [0.1, 0.15) is 27.7 Å². The molecule has 0 aromatic heterocycles. The topological polar surface area (TPSA) is 55.4 Å². The van der Waals surface area contributed by atoms with E-state index in [2.05, 4.69) is 0 Å². The molecular weight excluding hydrogens is 323 g/mol. The van der Waals surface area contributed by atoms with Gasteiger partial charge in [-0.3, -0.25) is 0 Å². The van der Waals surface area contributed by atoms with E-state index in [-0.39, 0.29) is 17.3 Å². The molecule has 2 aliphatic heterocycles. The zero-order chi connectivity index (χ0) is 18.1. The van der Waals surface area contributed by atoms with Crippen LogP contribution in [0.5, 0.6) is 11.5 Å². The normalized spacial score (nSPS) is 25.0. The summed E-state index contributed by atoms with van der Waals surface area (Å²) < 4.78 is 34.5. The molecule has 3 rings (SSSR count). The number of hydrogen-bond donors (Lipinski definition) is 0. The fourth-order valence-corrected chi connectivity index (χ4v) is 2.74. The van der Waals surface area contributed by atoms with E-state index in [1.807, 2.05) is 45.9 Å². The highest BCUT2D eigenvalue weighted by atomic mass is 16.7. The number of benzene rings is 1. The van der Waals surface area contributed by atoms with Crippen molar-refractivity contribution in [3.8, 4) is 11.5 Å². The fraction of sp³-hybridized carbons (Fsp3) is 0.667. The average Bonchev–Trinajstić information content (AvgIpc) is 2.81. The lowest BCUT2D eigenvalue weighted by atomic mass is 9.79. The van der Waals surface area contributed by atoms with Gasteiger partial charge in [-0.05, 0) is 45.3 Å².